The van der Waals surface area contributed by atoms with Crippen LogP contribution in [0.3, 0.4) is 0 Å². The maximum atomic E-state index is 10.7. The molecule has 5 nitrogen and oxygen atoms in total. The molecular formula is C12H11N3O2. The van der Waals surface area contributed by atoms with Gasteiger partial charge < -0.3 is 15.4 Å². The van der Waals surface area contributed by atoms with Gasteiger partial charge in [0.2, 0.25) is 0 Å². The molecular weight excluding hydrogens is 218 g/mol. The van der Waals surface area contributed by atoms with Gasteiger partial charge >= 0.3 is 5.97 Å². The third-order valence-corrected chi connectivity index (χ3v) is 2.61. The van der Waals surface area contributed by atoms with E-state index >= 15 is 0 Å². The largest absolute Gasteiger partial charge is 0.480 e. The minimum absolute atomic E-state index is 0.188. The van der Waals surface area contributed by atoms with Crippen molar-refractivity contribution in [2.45, 2.75) is 12.6 Å². The van der Waals surface area contributed by atoms with Crippen molar-refractivity contribution in [1.82, 2.24) is 4.57 Å². The van der Waals surface area contributed by atoms with Gasteiger partial charge in [-0.2, -0.15) is 5.26 Å². The van der Waals surface area contributed by atoms with Gasteiger partial charge in [-0.05, 0) is 23.6 Å². The summed E-state index contributed by atoms with van der Waals surface area (Å²) in [5.74, 6) is -1.04. The third kappa shape index (κ3) is 2.12. The van der Waals surface area contributed by atoms with Crippen LogP contribution in [0, 0.1) is 11.3 Å². The van der Waals surface area contributed by atoms with Crippen LogP contribution in [-0.4, -0.2) is 21.7 Å². The number of nitriles is 1. The maximum Gasteiger partial charge on any atom is 0.322 e. The van der Waals surface area contributed by atoms with E-state index in [1.54, 1.807) is 22.9 Å². The minimum Gasteiger partial charge on any atom is -0.480 e. The van der Waals surface area contributed by atoms with Crippen LogP contribution >= 0.6 is 0 Å². The average Bonchev–Trinajstić information content (AvgIpc) is 2.71. The molecule has 1 heterocycles. The van der Waals surface area contributed by atoms with E-state index in [4.69, 9.17) is 16.1 Å². The first-order valence-electron chi connectivity index (χ1n) is 5.09. The Bertz CT molecular complexity index is 610. The molecule has 0 amide bonds. The van der Waals surface area contributed by atoms with Gasteiger partial charge in [-0.25, -0.2) is 0 Å². The van der Waals surface area contributed by atoms with E-state index in [1.165, 1.54) is 0 Å². The van der Waals surface area contributed by atoms with Crippen molar-refractivity contribution in [1.29, 1.82) is 5.26 Å². The van der Waals surface area contributed by atoms with Gasteiger partial charge in [0.1, 0.15) is 6.04 Å². The predicted molar refractivity (Wildman–Crippen MR) is 62.3 cm³/mol. The van der Waals surface area contributed by atoms with Crippen LogP contribution in [0.4, 0.5) is 0 Å². The van der Waals surface area contributed by atoms with Crippen molar-refractivity contribution in [2.75, 3.05) is 0 Å². The highest BCUT2D eigenvalue weighted by atomic mass is 16.4. The number of aliphatic carboxylic acids is 1. The van der Waals surface area contributed by atoms with E-state index in [-0.39, 0.29) is 6.54 Å². The van der Waals surface area contributed by atoms with Crippen molar-refractivity contribution < 1.29 is 9.90 Å². The molecule has 0 aliphatic carbocycles. The van der Waals surface area contributed by atoms with Gasteiger partial charge in [0.25, 0.3) is 0 Å². The quantitative estimate of drug-likeness (QED) is 0.818. The molecule has 0 aliphatic heterocycles. The molecule has 1 aromatic heterocycles. The lowest BCUT2D eigenvalue weighted by Crippen LogP contribution is -2.34. The summed E-state index contributed by atoms with van der Waals surface area (Å²) in [6.07, 6.45) is 1.77. The molecule has 0 aliphatic rings. The number of carboxylic acid groups (broad SMARTS) is 1. The standard InChI is InChI=1S/C12H11N3O2/c13-6-8-1-2-9-3-4-15(11(9)5-8)7-10(14)12(16)17/h1-5,10H,7,14H2,(H,16,17). The van der Waals surface area contributed by atoms with Crippen LogP contribution in [0.5, 0.6) is 0 Å². The summed E-state index contributed by atoms with van der Waals surface area (Å²) in [6, 6.07) is 8.25. The fourth-order valence-corrected chi connectivity index (χ4v) is 1.70. The summed E-state index contributed by atoms with van der Waals surface area (Å²) < 4.78 is 1.74. The Kier molecular flexibility index (Phi) is 2.81. The highest BCUT2D eigenvalue weighted by Gasteiger charge is 2.13. The number of carboxylic acids is 1. The monoisotopic (exact) mass is 229 g/mol. The zero-order valence-corrected chi connectivity index (χ0v) is 9.00. The van der Waals surface area contributed by atoms with Crippen LogP contribution in [-0.2, 0) is 11.3 Å². The molecule has 86 valence electrons. The first-order valence-corrected chi connectivity index (χ1v) is 5.09. The van der Waals surface area contributed by atoms with E-state index in [0.717, 1.165) is 10.9 Å². The Morgan fingerprint density at radius 3 is 2.94 bits per heavy atom. The van der Waals surface area contributed by atoms with Crippen molar-refractivity contribution in [3.63, 3.8) is 0 Å². The fraction of sp³-hybridized carbons (Fsp3) is 0.167. The second kappa shape index (κ2) is 4.28. The highest BCUT2D eigenvalue weighted by Crippen LogP contribution is 2.17. The Morgan fingerprint density at radius 2 is 2.29 bits per heavy atom. The second-order valence-electron chi connectivity index (χ2n) is 3.80. The summed E-state index contributed by atoms with van der Waals surface area (Å²) in [4.78, 5) is 10.7. The number of fused-ring (bicyclic) bond motifs is 1. The van der Waals surface area contributed by atoms with Gasteiger partial charge in [-0.3, -0.25) is 4.79 Å². The molecule has 0 spiro atoms. The van der Waals surface area contributed by atoms with Crippen LogP contribution in [0.1, 0.15) is 5.56 Å². The Hall–Kier alpha value is -2.32. The molecule has 0 saturated heterocycles. The van der Waals surface area contributed by atoms with E-state index in [9.17, 15) is 4.79 Å². The number of nitrogens with zero attached hydrogens (tertiary/aromatic N) is 2. The highest BCUT2D eigenvalue weighted by molar-refractivity contribution is 5.82. The molecule has 2 aromatic rings. The Morgan fingerprint density at radius 1 is 1.53 bits per heavy atom. The van der Waals surface area contributed by atoms with Gasteiger partial charge in [0.15, 0.2) is 0 Å². The SMILES string of the molecule is N#Cc1ccc2ccn(CC(N)C(=O)O)c2c1. The molecule has 17 heavy (non-hydrogen) atoms. The van der Waals surface area contributed by atoms with Crippen LogP contribution in [0.15, 0.2) is 30.5 Å². The van der Waals surface area contributed by atoms with Gasteiger partial charge in [0, 0.05) is 18.3 Å². The molecule has 1 atom stereocenters. The Labute approximate surface area is 97.7 Å². The summed E-state index contributed by atoms with van der Waals surface area (Å²) in [7, 11) is 0. The van der Waals surface area contributed by atoms with Crippen molar-refractivity contribution in [3.8, 4) is 6.07 Å². The van der Waals surface area contributed by atoms with Crippen LogP contribution in [0.25, 0.3) is 10.9 Å². The first kappa shape index (κ1) is 11.2. The van der Waals surface area contributed by atoms with Crippen LogP contribution in [0.2, 0.25) is 0 Å². The smallest absolute Gasteiger partial charge is 0.322 e. The van der Waals surface area contributed by atoms with Crippen molar-refractivity contribution in [2.24, 2.45) is 5.73 Å². The number of hydrogen-bond acceptors (Lipinski definition) is 3. The van der Waals surface area contributed by atoms with Gasteiger partial charge in [-0.15, -0.1) is 0 Å². The summed E-state index contributed by atoms with van der Waals surface area (Å²) >= 11 is 0. The van der Waals surface area contributed by atoms with Gasteiger partial charge in [-0.1, -0.05) is 6.07 Å². The minimum atomic E-state index is -1.04. The Balaban J connectivity index is 2.41. The number of rotatable bonds is 3. The van der Waals surface area contributed by atoms with Crippen LogP contribution < -0.4 is 5.73 Å². The molecule has 3 N–H and O–H groups in total. The topological polar surface area (TPSA) is 92.0 Å². The van der Waals surface area contributed by atoms with E-state index in [1.807, 2.05) is 12.1 Å². The average molecular weight is 229 g/mol. The lowest BCUT2D eigenvalue weighted by Gasteiger charge is -2.09. The summed E-state index contributed by atoms with van der Waals surface area (Å²) in [5, 5.41) is 18.5. The predicted octanol–water partition coefficient (Wildman–Crippen LogP) is 0.925. The number of aromatic nitrogens is 1. The number of nitrogens with two attached hydrogens (primary N) is 1. The molecule has 2 rings (SSSR count). The number of carbonyl (C=O) groups is 1. The zero-order valence-electron chi connectivity index (χ0n) is 9.00. The van der Waals surface area contributed by atoms with E-state index in [2.05, 4.69) is 6.07 Å². The van der Waals surface area contributed by atoms with E-state index in [0.29, 0.717) is 5.56 Å². The number of hydrogen-bond donors (Lipinski definition) is 2. The third-order valence-electron chi connectivity index (χ3n) is 2.61. The molecule has 0 saturated carbocycles. The lowest BCUT2D eigenvalue weighted by atomic mass is 10.2. The summed E-state index contributed by atoms with van der Waals surface area (Å²) in [5.41, 5.74) is 6.85. The number of benzene rings is 1. The zero-order chi connectivity index (χ0) is 12.4. The molecule has 0 fully saturated rings. The molecule has 0 radical (unpaired) electrons. The fourth-order valence-electron chi connectivity index (χ4n) is 1.70. The molecule has 1 unspecified atom stereocenters. The molecule has 1 aromatic carbocycles. The molecule has 0 bridgehead atoms. The normalized spacial score (nSPS) is 12.2. The lowest BCUT2D eigenvalue weighted by molar-refractivity contribution is -0.138. The first-order chi connectivity index (χ1) is 8.11. The second-order valence-corrected chi connectivity index (χ2v) is 3.80. The summed E-state index contributed by atoms with van der Waals surface area (Å²) in [6.45, 7) is 0.188. The van der Waals surface area contributed by atoms with Gasteiger partial charge in [0.05, 0.1) is 11.6 Å². The van der Waals surface area contributed by atoms with Crippen molar-refractivity contribution in [3.05, 3.63) is 36.0 Å². The molecule has 5 heteroatoms. The maximum absolute atomic E-state index is 10.7. The van der Waals surface area contributed by atoms with E-state index < -0.39 is 12.0 Å². The van der Waals surface area contributed by atoms with Crippen molar-refractivity contribution >= 4 is 16.9 Å².